The van der Waals surface area contributed by atoms with Crippen LogP contribution in [0.15, 0.2) is 36.5 Å². The van der Waals surface area contributed by atoms with Crippen molar-refractivity contribution in [2.45, 2.75) is 6.54 Å². The van der Waals surface area contributed by atoms with Crippen molar-refractivity contribution in [3.05, 3.63) is 42.2 Å². The molecule has 20 heavy (non-hydrogen) atoms. The summed E-state index contributed by atoms with van der Waals surface area (Å²) < 4.78 is 6.78. The standard InChI is InChI=1S/C14H16N4O2/c1-17-13(5-6-16-17)10-15-11-3-2-4-12(9-11)18-7-8-20-14(18)19/h2-6,9,15H,7-8,10H2,1H3. The van der Waals surface area contributed by atoms with Gasteiger partial charge in [0, 0.05) is 24.6 Å². The molecule has 1 aliphatic heterocycles. The summed E-state index contributed by atoms with van der Waals surface area (Å²) in [6.07, 6.45) is 1.49. The third-order valence-electron chi connectivity index (χ3n) is 3.31. The van der Waals surface area contributed by atoms with E-state index in [1.54, 1.807) is 11.1 Å². The van der Waals surface area contributed by atoms with Crippen LogP contribution in [0.4, 0.5) is 16.2 Å². The SMILES string of the molecule is Cn1nccc1CNc1cccc(N2CCOC2=O)c1. The number of anilines is 2. The van der Waals surface area contributed by atoms with Crippen molar-refractivity contribution in [3.8, 4) is 0 Å². The molecule has 1 amide bonds. The average Bonchev–Trinajstić information content (AvgIpc) is 3.05. The van der Waals surface area contributed by atoms with E-state index in [2.05, 4.69) is 10.4 Å². The zero-order valence-corrected chi connectivity index (χ0v) is 11.2. The summed E-state index contributed by atoms with van der Waals surface area (Å²) in [4.78, 5) is 13.2. The Balaban J connectivity index is 1.71. The van der Waals surface area contributed by atoms with Gasteiger partial charge in [0.25, 0.3) is 0 Å². The number of nitrogens with one attached hydrogen (secondary N) is 1. The van der Waals surface area contributed by atoms with Crippen LogP contribution in [0.1, 0.15) is 5.69 Å². The van der Waals surface area contributed by atoms with Gasteiger partial charge >= 0.3 is 6.09 Å². The molecule has 1 N–H and O–H groups in total. The van der Waals surface area contributed by atoms with Gasteiger partial charge in [-0.15, -0.1) is 0 Å². The molecule has 0 saturated carbocycles. The summed E-state index contributed by atoms with van der Waals surface area (Å²) in [6.45, 7) is 1.74. The van der Waals surface area contributed by atoms with E-state index in [0.717, 1.165) is 17.1 Å². The molecule has 104 valence electrons. The van der Waals surface area contributed by atoms with E-state index < -0.39 is 0 Å². The molecule has 2 heterocycles. The Kier molecular flexibility index (Phi) is 3.28. The first-order valence-corrected chi connectivity index (χ1v) is 6.49. The van der Waals surface area contributed by atoms with E-state index in [-0.39, 0.29) is 6.09 Å². The molecule has 6 heteroatoms. The van der Waals surface area contributed by atoms with Crippen molar-refractivity contribution in [1.82, 2.24) is 9.78 Å². The van der Waals surface area contributed by atoms with E-state index in [1.807, 2.05) is 42.1 Å². The van der Waals surface area contributed by atoms with Crippen LogP contribution in [0.25, 0.3) is 0 Å². The second-order valence-electron chi connectivity index (χ2n) is 4.62. The predicted molar refractivity (Wildman–Crippen MR) is 75.7 cm³/mol. The monoisotopic (exact) mass is 272 g/mol. The highest BCUT2D eigenvalue weighted by molar-refractivity contribution is 5.89. The highest BCUT2D eigenvalue weighted by Crippen LogP contribution is 2.22. The van der Waals surface area contributed by atoms with Gasteiger partial charge in [-0.05, 0) is 24.3 Å². The molecular weight excluding hydrogens is 256 g/mol. The number of ether oxygens (including phenoxy) is 1. The lowest BCUT2D eigenvalue weighted by atomic mass is 10.2. The van der Waals surface area contributed by atoms with Crippen molar-refractivity contribution in [2.75, 3.05) is 23.4 Å². The zero-order chi connectivity index (χ0) is 13.9. The largest absolute Gasteiger partial charge is 0.447 e. The Morgan fingerprint density at radius 3 is 3.00 bits per heavy atom. The summed E-state index contributed by atoms with van der Waals surface area (Å²) in [5.74, 6) is 0. The van der Waals surface area contributed by atoms with Crippen LogP contribution in [-0.2, 0) is 18.3 Å². The van der Waals surface area contributed by atoms with Crippen molar-refractivity contribution >= 4 is 17.5 Å². The maximum Gasteiger partial charge on any atom is 0.414 e. The lowest BCUT2D eigenvalue weighted by Gasteiger charge is -2.14. The summed E-state index contributed by atoms with van der Waals surface area (Å²) in [7, 11) is 1.91. The normalized spacial score (nSPS) is 14.4. The number of aryl methyl sites for hydroxylation is 1. The molecule has 2 aromatic rings. The number of carbonyl (C=O) groups is 1. The van der Waals surface area contributed by atoms with Crippen LogP contribution in [0, 0.1) is 0 Å². The maximum absolute atomic E-state index is 11.5. The van der Waals surface area contributed by atoms with Crippen molar-refractivity contribution in [2.24, 2.45) is 7.05 Å². The van der Waals surface area contributed by atoms with Gasteiger partial charge in [0.1, 0.15) is 6.61 Å². The minimum atomic E-state index is -0.284. The maximum atomic E-state index is 11.5. The molecule has 6 nitrogen and oxygen atoms in total. The third-order valence-corrected chi connectivity index (χ3v) is 3.31. The minimum Gasteiger partial charge on any atom is -0.447 e. The van der Waals surface area contributed by atoms with Gasteiger partial charge < -0.3 is 10.1 Å². The zero-order valence-electron chi connectivity index (χ0n) is 11.2. The summed E-state index contributed by atoms with van der Waals surface area (Å²) in [6, 6.07) is 9.72. The second kappa shape index (κ2) is 5.24. The first-order chi connectivity index (χ1) is 9.74. The Hall–Kier alpha value is -2.50. The molecule has 1 saturated heterocycles. The van der Waals surface area contributed by atoms with E-state index in [1.165, 1.54) is 0 Å². The first kappa shape index (κ1) is 12.5. The predicted octanol–water partition coefficient (Wildman–Crippen LogP) is 1.99. The van der Waals surface area contributed by atoms with E-state index in [4.69, 9.17) is 4.74 Å². The number of hydrogen-bond acceptors (Lipinski definition) is 4. The van der Waals surface area contributed by atoms with Crippen LogP contribution in [0.2, 0.25) is 0 Å². The number of nitrogens with zero attached hydrogens (tertiary/aromatic N) is 3. The van der Waals surface area contributed by atoms with E-state index in [9.17, 15) is 4.79 Å². The quantitative estimate of drug-likeness (QED) is 0.924. The fourth-order valence-electron chi connectivity index (χ4n) is 2.18. The summed E-state index contributed by atoms with van der Waals surface area (Å²) in [5, 5.41) is 7.45. The van der Waals surface area contributed by atoms with Crippen LogP contribution < -0.4 is 10.2 Å². The van der Waals surface area contributed by atoms with E-state index >= 15 is 0 Å². The molecule has 1 aromatic heterocycles. The number of carbonyl (C=O) groups excluding carboxylic acids is 1. The Morgan fingerprint density at radius 2 is 2.30 bits per heavy atom. The number of aromatic nitrogens is 2. The molecule has 0 aliphatic carbocycles. The molecule has 0 radical (unpaired) electrons. The number of hydrogen-bond donors (Lipinski definition) is 1. The van der Waals surface area contributed by atoms with Gasteiger partial charge in [-0.25, -0.2) is 4.79 Å². The smallest absolute Gasteiger partial charge is 0.414 e. The average molecular weight is 272 g/mol. The molecule has 0 bridgehead atoms. The molecule has 0 spiro atoms. The van der Waals surface area contributed by atoms with Crippen molar-refractivity contribution < 1.29 is 9.53 Å². The van der Waals surface area contributed by atoms with Crippen molar-refractivity contribution in [1.29, 1.82) is 0 Å². The lowest BCUT2D eigenvalue weighted by molar-refractivity contribution is 0.181. The Labute approximate surface area is 116 Å². The molecule has 1 aliphatic rings. The van der Waals surface area contributed by atoms with Gasteiger partial charge in [0.05, 0.1) is 18.8 Å². The fourth-order valence-corrected chi connectivity index (χ4v) is 2.18. The van der Waals surface area contributed by atoms with Gasteiger partial charge in [-0.1, -0.05) is 6.07 Å². The number of amides is 1. The molecule has 0 unspecified atom stereocenters. The van der Waals surface area contributed by atoms with Crippen LogP contribution in [0.3, 0.4) is 0 Å². The molecular formula is C14H16N4O2. The van der Waals surface area contributed by atoms with E-state index in [0.29, 0.717) is 19.7 Å². The van der Waals surface area contributed by atoms with Crippen LogP contribution in [0.5, 0.6) is 0 Å². The number of cyclic esters (lactones) is 1. The van der Waals surface area contributed by atoms with Crippen molar-refractivity contribution in [3.63, 3.8) is 0 Å². The molecule has 1 aromatic carbocycles. The summed E-state index contributed by atoms with van der Waals surface area (Å²) in [5.41, 5.74) is 2.90. The third kappa shape index (κ3) is 2.45. The van der Waals surface area contributed by atoms with Gasteiger partial charge in [0.2, 0.25) is 0 Å². The van der Waals surface area contributed by atoms with Crippen LogP contribution >= 0.6 is 0 Å². The molecule has 3 rings (SSSR count). The minimum absolute atomic E-state index is 0.284. The fraction of sp³-hybridized carbons (Fsp3) is 0.286. The number of rotatable bonds is 4. The topological polar surface area (TPSA) is 59.4 Å². The number of benzene rings is 1. The lowest BCUT2D eigenvalue weighted by Crippen LogP contribution is -2.23. The highest BCUT2D eigenvalue weighted by Gasteiger charge is 2.23. The van der Waals surface area contributed by atoms with Crippen LogP contribution in [-0.4, -0.2) is 29.0 Å². The highest BCUT2D eigenvalue weighted by atomic mass is 16.6. The van der Waals surface area contributed by atoms with Gasteiger partial charge in [0.15, 0.2) is 0 Å². The second-order valence-corrected chi connectivity index (χ2v) is 4.62. The van der Waals surface area contributed by atoms with Gasteiger partial charge in [-0.2, -0.15) is 5.10 Å². The summed E-state index contributed by atoms with van der Waals surface area (Å²) >= 11 is 0. The first-order valence-electron chi connectivity index (χ1n) is 6.49. The Bertz CT molecular complexity index is 623. The molecule has 0 atom stereocenters. The van der Waals surface area contributed by atoms with Gasteiger partial charge in [-0.3, -0.25) is 9.58 Å². The Morgan fingerprint density at radius 1 is 1.40 bits per heavy atom. The molecule has 1 fully saturated rings.